The minimum atomic E-state index is -0.855. The summed E-state index contributed by atoms with van der Waals surface area (Å²) in [5.41, 5.74) is 9.44. The van der Waals surface area contributed by atoms with E-state index in [2.05, 4.69) is 0 Å². The second-order valence-corrected chi connectivity index (χ2v) is 5.00. The molecule has 2 aromatic carbocycles. The van der Waals surface area contributed by atoms with Gasteiger partial charge in [0.15, 0.2) is 11.6 Å². The monoisotopic (exact) mass is 261 g/mol. The van der Waals surface area contributed by atoms with E-state index in [-0.39, 0.29) is 11.1 Å². The molecule has 100 valence electrons. The summed E-state index contributed by atoms with van der Waals surface area (Å²) in [5.74, 6) is -1.68. The van der Waals surface area contributed by atoms with Gasteiger partial charge in [0.05, 0.1) is 6.04 Å². The predicted molar refractivity (Wildman–Crippen MR) is 73.0 cm³/mol. The van der Waals surface area contributed by atoms with Gasteiger partial charge in [0.1, 0.15) is 0 Å². The van der Waals surface area contributed by atoms with Crippen LogP contribution in [-0.2, 0) is 0 Å². The van der Waals surface area contributed by atoms with Crippen LogP contribution in [0.15, 0.2) is 30.3 Å². The van der Waals surface area contributed by atoms with Gasteiger partial charge in [0.25, 0.3) is 0 Å². The van der Waals surface area contributed by atoms with Gasteiger partial charge in [-0.2, -0.15) is 0 Å². The number of hydrogen-bond acceptors (Lipinski definition) is 1. The molecule has 0 fully saturated rings. The van der Waals surface area contributed by atoms with E-state index in [0.717, 1.165) is 16.7 Å². The molecule has 0 radical (unpaired) electrons. The third-order valence-electron chi connectivity index (χ3n) is 3.24. The minimum Gasteiger partial charge on any atom is -0.320 e. The average Bonchev–Trinajstić information content (AvgIpc) is 2.34. The molecule has 2 aromatic rings. The lowest BCUT2D eigenvalue weighted by Crippen LogP contribution is -2.15. The van der Waals surface area contributed by atoms with Crippen LogP contribution in [0.1, 0.15) is 33.9 Å². The predicted octanol–water partition coefficient (Wildman–Crippen LogP) is 3.94. The average molecular weight is 261 g/mol. The number of rotatable bonds is 2. The highest BCUT2D eigenvalue weighted by molar-refractivity contribution is 5.38. The molecular formula is C16H17F2N. The van der Waals surface area contributed by atoms with Gasteiger partial charge in [-0.25, -0.2) is 8.78 Å². The van der Waals surface area contributed by atoms with Crippen molar-refractivity contribution in [3.63, 3.8) is 0 Å². The standard InChI is InChI=1S/C16H17F2N/c1-9-6-10(2)8-12(7-9)16(19)13-5-4-11(3)14(17)15(13)18/h4-8,16H,19H2,1-3H3. The molecule has 1 nitrogen and oxygen atoms in total. The molecule has 0 amide bonds. The lowest BCUT2D eigenvalue weighted by Gasteiger charge is -2.16. The largest absolute Gasteiger partial charge is 0.320 e. The summed E-state index contributed by atoms with van der Waals surface area (Å²) in [6.45, 7) is 5.44. The summed E-state index contributed by atoms with van der Waals surface area (Å²) < 4.78 is 27.5. The van der Waals surface area contributed by atoms with E-state index in [4.69, 9.17) is 5.73 Å². The first-order chi connectivity index (χ1) is 8.90. The van der Waals surface area contributed by atoms with E-state index in [1.165, 1.54) is 6.92 Å². The Morgan fingerprint density at radius 1 is 0.895 bits per heavy atom. The fraction of sp³-hybridized carbons (Fsp3) is 0.250. The molecule has 2 rings (SSSR count). The van der Waals surface area contributed by atoms with Gasteiger partial charge in [-0.15, -0.1) is 0 Å². The smallest absolute Gasteiger partial charge is 0.164 e. The van der Waals surface area contributed by atoms with E-state index < -0.39 is 17.7 Å². The van der Waals surface area contributed by atoms with Crippen LogP contribution in [0.25, 0.3) is 0 Å². The van der Waals surface area contributed by atoms with Crippen molar-refractivity contribution in [2.75, 3.05) is 0 Å². The molecule has 0 saturated carbocycles. The fourth-order valence-electron chi connectivity index (χ4n) is 2.27. The van der Waals surface area contributed by atoms with Crippen molar-refractivity contribution in [2.45, 2.75) is 26.8 Å². The molecule has 0 aromatic heterocycles. The first kappa shape index (κ1) is 13.7. The molecule has 1 atom stereocenters. The molecule has 0 bridgehead atoms. The van der Waals surface area contributed by atoms with Crippen LogP contribution in [0.4, 0.5) is 8.78 Å². The van der Waals surface area contributed by atoms with E-state index >= 15 is 0 Å². The van der Waals surface area contributed by atoms with Crippen molar-refractivity contribution < 1.29 is 8.78 Å². The molecule has 0 spiro atoms. The highest BCUT2D eigenvalue weighted by Crippen LogP contribution is 2.26. The number of hydrogen-bond donors (Lipinski definition) is 1. The number of benzene rings is 2. The second-order valence-electron chi connectivity index (χ2n) is 5.00. The third kappa shape index (κ3) is 2.66. The zero-order valence-corrected chi connectivity index (χ0v) is 11.3. The molecule has 1 unspecified atom stereocenters. The Morgan fingerprint density at radius 2 is 1.47 bits per heavy atom. The third-order valence-corrected chi connectivity index (χ3v) is 3.24. The summed E-state index contributed by atoms with van der Waals surface area (Å²) in [5, 5.41) is 0. The van der Waals surface area contributed by atoms with Crippen molar-refractivity contribution in [1.29, 1.82) is 0 Å². The maximum absolute atomic E-state index is 13.9. The van der Waals surface area contributed by atoms with Gasteiger partial charge in [-0.05, 0) is 31.9 Å². The summed E-state index contributed by atoms with van der Waals surface area (Å²) >= 11 is 0. The Morgan fingerprint density at radius 3 is 2.05 bits per heavy atom. The van der Waals surface area contributed by atoms with E-state index in [1.807, 2.05) is 32.0 Å². The van der Waals surface area contributed by atoms with Gasteiger partial charge < -0.3 is 5.73 Å². The van der Waals surface area contributed by atoms with Crippen LogP contribution in [0, 0.1) is 32.4 Å². The Hall–Kier alpha value is -1.74. The van der Waals surface area contributed by atoms with Crippen molar-refractivity contribution >= 4 is 0 Å². The van der Waals surface area contributed by atoms with Crippen LogP contribution in [0.3, 0.4) is 0 Å². The van der Waals surface area contributed by atoms with Crippen LogP contribution < -0.4 is 5.73 Å². The second kappa shape index (κ2) is 5.10. The zero-order valence-electron chi connectivity index (χ0n) is 11.3. The molecule has 0 heterocycles. The number of halogens is 2. The quantitative estimate of drug-likeness (QED) is 0.870. The van der Waals surface area contributed by atoms with E-state index in [0.29, 0.717) is 0 Å². The highest BCUT2D eigenvalue weighted by Gasteiger charge is 2.18. The summed E-state index contributed by atoms with van der Waals surface area (Å²) in [4.78, 5) is 0. The maximum Gasteiger partial charge on any atom is 0.164 e. The van der Waals surface area contributed by atoms with Gasteiger partial charge >= 0.3 is 0 Å². The molecule has 0 saturated heterocycles. The Kier molecular flexibility index (Phi) is 3.67. The van der Waals surface area contributed by atoms with Gasteiger partial charge in [0, 0.05) is 5.56 Å². The Bertz CT molecular complexity index is 600. The molecule has 0 aliphatic heterocycles. The van der Waals surface area contributed by atoms with Crippen LogP contribution in [-0.4, -0.2) is 0 Å². The van der Waals surface area contributed by atoms with Gasteiger partial charge in [-0.3, -0.25) is 0 Å². The lowest BCUT2D eigenvalue weighted by atomic mass is 9.95. The lowest BCUT2D eigenvalue weighted by molar-refractivity contribution is 0.489. The maximum atomic E-state index is 13.9. The van der Waals surface area contributed by atoms with Crippen molar-refractivity contribution in [1.82, 2.24) is 0 Å². The molecule has 0 aliphatic carbocycles. The van der Waals surface area contributed by atoms with Crippen molar-refractivity contribution in [3.05, 3.63) is 69.8 Å². The van der Waals surface area contributed by atoms with Crippen LogP contribution >= 0.6 is 0 Å². The van der Waals surface area contributed by atoms with Gasteiger partial charge in [-0.1, -0.05) is 41.5 Å². The Balaban J connectivity index is 2.50. The molecule has 0 aliphatic rings. The Labute approximate surface area is 112 Å². The minimum absolute atomic E-state index is 0.188. The normalized spacial score (nSPS) is 12.5. The van der Waals surface area contributed by atoms with Crippen molar-refractivity contribution in [2.24, 2.45) is 5.73 Å². The molecular weight excluding hydrogens is 244 g/mol. The fourth-order valence-corrected chi connectivity index (χ4v) is 2.27. The molecule has 3 heteroatoms. The molecule has 19 heavy (non-hydrogen) atoms. The summed E-state index contributed by atoms with van der Waals surface area (Å²) in [6.07, 6.45) is 0. The first-order valence-corrected chi connectivity index (χ1v) is 6.18. The highest BCUT2D eigenvalue weighted by atomic mass is 19.2. The van der Waals surface area contributed by atoms with Gasteiger partial charge in [0.2, 0.25) is 0 Å². The van der Waals surface area contributed by atoms with Crippen LogP contribution in [0.5, 0.6) is 0 Å². The van der Waals surface area contributed by atoms with E-state index in [1.54, 1.807) is 12.1 Å². The van der Waals surface area contributed by atoms with E-state index in [9.17, 15) is 8.78 Å². The first-order valence-electron chi connectivity index (χ1n) is 6.18. The van der Waals surface area contributed by atoms with Crippen LogP contribution in [0.2, 0.25) is 0 Å². The summed E-state index contributed by atoms with van der Waals surface area (Å²) in [6, 6.07) is 8.26. The SMILES string of the molecule is Cc1cc(C)cc(C(N)c2ccc(C)c(F)c2F)c1. The number of aryl methyl sites for hydroxylation is 3. The topological polar surface area (TPSA) is 26.0 Å². The van der Waals surface area contributed by atoms with Crippen molar-refractivity contribution in [3.8, 4) is 0 Å². The zero-order chi connectivity index (χ0) is 14.2. The number of nitrogens with two attached hydrogens (primary N) is 1. The summed E-state index contributed by atoms with van der Waals surface area (Å²) in [7, 11) is 0. The molecule has 2 N–H and O–H groups in total.